The van der Waals surface area contributed by atoms with Crippen LogP contribution in [0.5, 0.6) is 0 Å². The Kier molecular flexibility index (Phi) is 4.12. The van der Waals surface area contributed by atoms with E-state index in [1.54, 1.807) is 24.3 Å². The zero-order valence-corrected chi connectivity index (χ0v) is 12.4. The highest BCUT2D eigenvalue weighted by molar-refractivity contribution is 6.03. The molecule has 0 unspecified atom stereocenters. The third-order valence-corrected chi connectivity index (χ3v) is 3.70. The highest BCUT2D eigenvalue weighted by Crippen LogP contribution is 2.17. The maximum absolute atomic E-state index is 12.2. The minimum atomic E-state index is -0.558. The molecule has 1 aromatic heterocycles. The Balaban J connectivity index is 2.16. The van der Waals surface area contributed by atoms with E-state index in [0.717, 1.165) is 17.0 Å². The monoisotopic (exact) mass is 285 g/mol. The molecule has 0 aliphatic heterocycles. The van der Waals surface area contributed by atoms with Crippen LogP contribution in [0.1, 0.15) is 27.3 Å². The number of carbonyl (C=O) groups excluding carboxylic acids is 2. The van der Waals surface area contributed by atoms with Gasteiger partial charge < -0.3 is 15.6 Å². The lowest BCUT2D eigenvalue weighted by Crippen LogP contribution is -2.19. The molecule has 1 heterocycles. The van der Waals surface area contributed by atoms with E-state index in [2.05, 4.69) is 5.32 Å². The summed E-state index contributed by atoms with van der Waals surface area (Å²) in [6.45, 7) is 3.98. The zero-order chi connectivity index (χ0) is 15.6. The lowest BCUT2D eigenvalue weighted by molar-refractivity contribution is -0.115. The van der Waals surface area contributed by atoms with E-state index in [1.165, 1.54) is 0 Å². The number of aromatic nitrogens is 1. The number of hydrogen-bond donors (Lipinski definition) is 2. The van der Waals surface area contributed by atoms with E-state index in [4.69, 9.17) is 5.73 Å². The van der Waals surface area contributed by atoms with Crippen molar-refractivity contribution in [3.05, 3.63) is 52.8 Å². The number of hydrogen-bond acceptors (Lipinski definition) is 2. The van der Waals surface area contributed by atoms with Crippen molar-refractivity contribution in [3.8, 4) is 0 Å². The predicted molar refractivity (Wildman–Crippen MR) is 82.2 cm³/mol. The van der Waals surface area contributed by atoms with Gasteiger partial charge >= 0.3 is 0 Å². The van der Waals surface area contributed by atoms with Gasteiger partial charge in [-0.2, -0.15) is 0 Å². The quantitative estimate of drug-likeness (QED) is 0.900. The highest BCUT2D eigenvalue weighted by atomic mass is 16.2. The molecule has 3 N–H and O–H groups in total. The number of anilines is 1. The van der Waals surface area contributed by atoms with Crippen LogP contribution in [0.15, 0.2) is 30.3 Å². The molecule has 0 saturated heterocycles. The molecular weight excluding hydrogens is 266 g/mol. The van der Waals surface area contributed by atoms with Gasteiger partial charge in [0.05, 0.1) is 17.7 Å². The highest BCUT2D eigenvalue weighted by Gasteiger charge is 2.13. The van der Waals surface area contributed by atoms with E-state index in [9.17, 15) is 9.59 Å². The second-order valence-corrected chi connectivity index (χ2v) is 5.09. The van der Waals surface area contributed by atoms with Crippen LogP contribution in [0, 0.1) is 13.8 Å². The van der Waals surface area contributed by atoms with E-state index >= 15 is 0 Å². The molecule has 21 heavy (non-hydrogen) atoms. The number of nitrogens with one attached hydrogen (secondary N) is 1. The van der Waals surface area contributed by atoms with Crippen molar-refractivity contribution in [2.75, 3.05) is 5.32 Å². The Hall–Kier alpha value is -2.56. The molecular formula is C16H19N3O2. The van der Waals surface area contributed by atoms with Crippen LogP contribution in [0.25, 0.3) is 0 Å². The van der Waals surface area contributed by atoms with Crippen molar-refractivity contribution in [1.29, 1.82) is 0 Å². The zero-order valence-electron chi connectivity index (χ0n) is 12.4. The second-order valence-electron chi connectivity index (χ2n) is 5.09. The van der Waals surface area contributed by atoms with Crippen LogP contribution < -0.4 is 11.1 Å². The van der Waals surface area contributed by atoms with Gasteiger partial charge in [-0.15, -0.1) is 0 Å². The lowest BCUT2D eigenvalue weighted by Gasteiger charge is -2.09. The molecule has 0 saturated carbocycles. The normalized spacial score (nSPS) is 10.4. The van der Waals surface area contributed by atoms with Crippen LogP contribution >= 0.6 is 0 Å². The maximum atomic E-state index is 12.2. The molecule has 0 aliphatic carbocycles. The Labute approximate surface area is 123 Å². The number of amides is 2. The summed E-state index contributed by atoms with van der Waals surface area (Å²) in [7, 11) is 1.97. The number of rotatable bonds is 4. The summed E-state index contributed by atoms with van der Waals surface area (Å²) >= 11 is 0. The van der Waals surface area contributed by atoms with Gasteiger partial charge in [0.15, 0.2) is 0 Å². The van der Waals surface area contributed by atoms with Gasteiger partial charge in [0.25, 0.3) is 5.91 Å². The van der Waals surface area contributed by atoms with Crippen molar-refractivity contribution < 1.29 is 9.59 Å². The minimum absolute atomic E-state index is 0.169. The van der Waals surface area contributed by atoms with Gasteiger partial charge in [-0.1, -0.05) is 12.1 Å². The first-order valence-corrected chi connectivity index (χ1v) is 6.70. The number of primary amides is 1. The summed E-state index contributed by atoms with van der Waals surface area (Å²) in [6, 6.07) is 8.71. The average molecular weight is 285 g/mol. The molecule has 2 aromatic rings. The Morgan fingerprint density at radius 1 is 1.24 bits per heavy atom. The number of nitrogens with zero attached hydrogens (tertiary/aromatic N) is 1. The van der Waals surface area contributed by atoms with Crippen LogP contribution in [-0.2, 0) is 18.3 Å². The van der Waals surface area contributed by atoms with E-state index in [1.807, 2.05) is 31.5 Å². The van der Waals surface area contributed by atoms with Crippen molar-refractivity contribution >= 4 is 17.5 Å². The molecule has 0 radical (unpaired) electrons. The maximum Gasteiger partial charge on any atom is 0.250 e. The summed E-state index contributed by atoms with van der Waals surface area (Å²) in [6.07, 6.45) is 0.264. The SMILES string of the molecule is Cc1cc(CC(=O)Nc2ccccc2C(N)=O)c(C)n1C. The summed E-state index contributed by atoms with van der Waals surface area (Å²) in [5, 5.41) is 2.75. The molecule has 0 atom stereocenters. The van der Waals surface area contributed by atoms with Gasteiger partial charge in [-0.3, -0.25) is 9.59 Å². The molecule has 2 rings (SSSR count). The topological polar surface area (TPSA) is 77.1 Å². The van der Waals surface area contributed by atoms with Crippen molar-refractivity contribution in [2.24, 2.45) is 12.8 Å². The molecule has 0 spiro atoms. The fourth-order valence-electron chi connectivity index (χ4n) is 2.29. The molecule has 1 aromatic carbocycles. The third-order valence-electron chi connectivity index (χ3n) is 3.70. The van der Waals surface area contributed by atoms with Crippen molar-refractivity contribution in [2.45, 2.75) is 20.3 Å². The Morgan fingerprint density at radius 2 is 1.90 bits per heavy atom. The van der Waals surface area contributed by atoms with Gasteiger partial charge in [-0.05, 0) is 37.6 Å². The fourth-order valence-corrected chi connectivity index (χ4v) is 2.29. The number of aryl methyl sites for hydroxylation is 1. The van der Waals surface area contributed by atoms with Crippen LogP contribution in [0.4, 0.5) is 5.69 Å². The first kappa shape index (κ1) is 14.8. The van der Waals surface area contributed by atoms with Gasteiger partial charge in [-0.25, -0.2) is 0 Å². The number of para-hydroxylation sites is 1. The van der Waals surface area contributed by atoms with E-state index in [-0.39, 0.29) is 12.3 Å². The number of nitrogens with two attached hydrogens (primary N) is 1. The largest absolute Gasteiger partial charge is 0.366 e. The van der Waals surface area contributed by atoms with Crippen molar-refractivity contribution in [3.63, 3.8) is 0 Å². The smallest absolute Gasteiger partial charge is 0.250 e. The Bertz CT molecular complexity index is 702. The average Bonchev–Trinajstić information content (AvgIpc) is 2.66. The molecule has 2 amide bonds. The molecule has 5 nitrogen and oxygen atoms in total. The standard InChI is InChI=1S/C16H19N3O2/c1-10-8-12(11(2)19(10)3)9-15(20)18-14-7-5-4-6-13(14)16(17)21/h4-8H,9H2,1-3H3,(H2,17,21)(H,18,20). The van der Waals surface area contributed by atoms with Gasteiger partial charge in [0.2, 0.25) is 5.91 Å². The molecule has 110 valence electrons. The van der Waals surface area contributed by atoms with Gasteiger partial charge in [0.1, 0.15) is 0 Å². The van der Waals surface area contributed by atoms with Crippen LogP contribution in [-0.4, -0.2) is 16.4 Å². The van der Waals surface area contributed by atoms with Gasteiger partial charge in [0, 0.05) is 18.4 Å². The molecule has 5 heteroatoms. The van der Waals surface area contributed by atoms with E-state index in [0.29, 0.717) is 11.3 Å². The molecule has 0 fully saturated rings. The lowest BCUT2D eigenvalue weighted by atomic mass is 10.1. The predicted octanol–water partition coefficient (Wildman–Crippen LogP) is 1.92. The first-order chi connectivity index (χ1) is 9.90. The van der Waals surface area contributed by atoms with Crippen LogP contribution in [0.2, 0.25) is 0 Å². The number of benzene rings is 1. The fraction of sp³-hybridized carbons (Fsp3) is 0.250. The summed E-state index contributed by atoms with van der Waals surface area (Å²) in [5.74, 6) is -0.727. The van der Waals surface area contributed by atoms with Crippen molar-refractivity contribution in [1.82, 2.24) is 4.57 Å². The Morgan fingerprint density at radius 3 is 2.48 bits per heavy atom. The molecule has 0 aliphatic rings. The minimum Gasteiger partial charge on any atom is -0.366 e. The van der Waals surface area contributed by atoms with Crippen LogP contribution in [0.3, 0.4) is 0 Å². The van der Waals surface area contributed by atoms with E-state index < -0.39 is 5.91 Å². The summed E-state index contributed by atoms with van der Waals surface area (Å²) in [4.78, 5) is 23.5. The molecule has 0 bridgehead atoms. The second kappa shape index (κ2) is 5.83. The first-order valence-electron chi connectivity index (χ1n) is 6.70. The number of carbonyl (C=O) groups is 2. The third kappa shape index (κ3) is 3.13. The summed E-state index contributed by atoms with van der Waals surface area (Å²) < 4.78 is 2.04. The summed E-state index contributed by atoms with van der Waals surface area (Å²) in [5.41, 5.74) is 9.19.